The normalized spacial score (nSPS) is 10.9. The van der Waals surface area contributed by atoms with Crippen molar-refractivity contribution >= 4 is 17.7 Å². The lowest BCUT2D eigenvalue weighted by Crippen LogP contribution is -1.71. The Hall–Kier alpha value is -0.750. The summed E-state index contributed by atoms with van der Waals surface area (Å²) in [6.07, 6.45) is 8.00. The van der Waals surface area contributed by atoms with Gasteiger partial charge in [-0.1, -0.05) is 55.7 Å². The van der Waals surface area contributed by atoms with Crippen molar-refractivity contribution in [1.82, 2.24) is 0 Å². The van der Waals surface area contributed by atoms with E-state index in [0.29, 0.717) is 0 Å². The third-order valence-electron chi connectivity index (χ3n) is 1.88. The Morgan fingerprint density at radius 3 is 2.92 bits per heavy atom. The van der Waals surface area contributed by atoms with Crippen LogP contribution in [0.4, 0.5) is 0 Å². The van der Waals surface area contributed by atoms with Crippen molar-refractivity contribution in [3.63, 3.8) is 0 Å². The van der Waals surface area contributed by atoms with Gasteiger partial charge in [0.25, 0.3) is 0 Å². The van der Waals surface area contributed by atoms with E-state index in [2.05, 4.69) is 25.1 Å². The highest BCUT2D eigenvalue weighted by atomic mass is 35.5. The molecule has 0 bridgehead atoms. The van der Waals surface area contributed by atoms with Crippen molar-refractivity contribution in [2.45, 2.75) is 26.2 Å². The molecular weight excluding hydrogens is 180 g/mol. The van der Waals surface area contributed by atoms with Crippen LogP contribution in [0, 0.1) is 0 Å². The van der Waals surface area contributed by atoms with Gasteiger partial charge < -0.3 is 0 Å². The average Bonchev–Trinajstić information content (AvgIpc) is 2.13. The van der Waals surface area contributed by atoms with Crippen LogP contribution >= 0.6 is 11.6 Å². The number of unbranched alkanes of at least 4 members (excludes halogenated alkanes) is 2. The second-order valence-electron chi connectivity index (χ2n) is 3.10. The van der Waals surface area contributed by atoms with Crippen LogP contribution in [0.15, 0.2) is 30.3 Å². The van der Waals surface area contributed by atoms with Crippen molar-refractivity contribution < 1.29 is 0 Å². The van der Waals surface area contributed by atoms with Gasteiger partial charge in [0.1, 0.15) is 0 Å². The fraction of sp³-hybridized carbons (Fsp3) is 0.333. The molecule has 0 amide bonds. The minimum absolute atomic E-state index is 0.803. The van der Waals surface area contributed by atoms with Crippen LogP contribution in [0.5, 0.6) is 0 Å². The number of halogens is 1. The molecule has 0 spiro atoms. The van der Waals surface area contributed by atoms with E-state index < -0.39 is 0 Å². The lowest BCUT2D eigenvalue weighted by Gasteiger charge is -1.93. The summed E-state index contributed by atoms with van der Waals surface area (Å²) in [6.45, 7) is 2.20. The SMILES string of the molecule is CCCC/C=C/c1cccc(Cl)c1. The van der Waals surface area contributed by atoms with Gasteiger partial charge in [0.2, 0.25) is 0 Å². The summed E-state index contributed by atoms with van der Waals surface area (Å²) < 4.78 is 0. The fourth-order valence-corrected chi connectivity index (χ4v) is 1.35. The Bertz CT molecular complexity index is 276. The zero-order valence-electron chi connectivity index (χ0n) is 7.96. The lowest BCUT2D eigenvalue weighted by molar-refractivity contribution is 0.816. The molecule has 0 saturated heterocycles. The molecular formula is C12H15Cl. The summed E-state index contributed by atoms with van der Waals surface area (Å²) in [5.74, 6) is 0. The highest BCUT2D eigenvalue weighted by molar-refractivity contribution is 6.30. The Kier molecular flexibility index (Phi) is 4.63. The van der Waals surface area contributed by atoms with E-state index in [1.54, 1.807) is 0 Å². The molecule has 1 heteroatoms. The second kappa shape index (κ2) is 5.82. The molecule has 13 heavy (non-hydrogen) atoms. The first-order valence-corrected chi connectivity index (χ1v) is 5.13. The zero-order valence-corrected chi connectivity index (χ0v) is 8.72. The minimum atomic E-state index is 0.803. The zero-order chi connectivity index (χ0) is 9.52. The molecule has 0 saturated carbocycles. The van der Waals surface area contributed by atoms with E-state index >= 15 is 0 Å². The average molecular weight is 195 g/mol. The monoisotopic (exact) mass is 194 g/mol. The summed E-state index contributed by atoms with van der Waals surface area (Å²) in [7, 11) is 0. The molecule has 0 aromatic heterocycles. The van der Waals surface area contributed by atoms with E-state index in [1.807, 2.05) is 18.2 Å². The molecule has 0 aliphatic heterocycles. The first-order valence-electron chi connectivity index (χ1n) is 4.75. The molecule has 0 nitrogen and oxygen atoms in total. The van der Waals surface area contributed by atoms with Crippen LogP contribution in [0.3, 0.4) is 0 Å². The Balaban J connectivity index is 2.48. The third-order valence-corrected chi connectivity index (χ3v) is 2.12. The van der Waals surface area contributed by atoms with Gasteiger partial charge >= 0.3 is 0 Å². The smallest absolute Gasteiger partial charge is 0.0411 e. The van der Waals surface area contributed by atoms with Crippen molar-refractivity contribution in [2.24, 2.45) is 0 Å². The van der Waals surface area contributed by atoms with Gasteiger partial charge in [-0.05, 0) is 24.1 Å². The molecule has 0 atom stereocenters. The molecule has 1 aromatic carbocycles. The highest BCUT2D eigenvalue weighted by Gasteiger charge is 1.87. The number of hydrogen-bond donors (Lipinski definition) is 0. The van der Waals surface area contributed by atoms with Crippen LogP contribution in [0.25, 0.3) is 6.08 Å². The van der Waals surface area contributed by atoms with Crippen LogP contribution in [0.1, 0.15) is 31.7 Å². The highest BCUT2D eigenvalue weighted by Crippen LogP contribution is 2.12. The predicted molar refractivity (Wildman–Crippen MR) is 60.0 cm³/mol. The van der Waals surface area contributed by atoms with Crippen LogP contribution in [-0.4, -0.2) is 0 Å². The number of hydrogen-bond acceptors (Lipinski definition) is 0. The summed E-state index contributed by atoms with van der Waals surface area (Å²) in [5, 5.41) is 0.803. The number of rotatable bonds is 4. The first-order chi connectivity index (χ1) is 6.33. The Morgan fingerprint density at radius 2 is 2.23 bits per heavy atom. The molecule has 1 aromatic rings. The molecule has 70 valence electrons. The standard InChI is InChI=1S/C12H15Cl/c1-2-3-4-5-7-11-8-6-9-12(13)10-11/h5-10H,2-4H2,1H3/b7-5+. The Labute approximate surface area is 85.2 Å². The minimum Gasteiger partial charge on any atom is -0.0843 e. The van der Waals surface area contributed by atoms with Crippen LogP contribution in [0.2, 0.25) is 5.02 Å². The van der Waals surface area contributed by atoms with Crippen molar-refractivity contribution in [3.05, 3.63) is 40.9 Å². The lowest BCUT2D eigenvalue weighted by atomic mass is 10.2. The summed E-state index contributed by atoms with van der Waals surface area (Å²) >= 11 is 5.85. The number of benzene rings is 1. The maximum Gasteiger partial charge on any atom is 0.0411 e. The fourth-order valence-electron chi connectivity index (χ4n) is 1.15. The van der Waals surface area contributed by atoms with Crippen molar-refractivity contribution in [3.8, 4) is 0 Å². The quantitative estimate of drug-likeness (QED) is 0.618. The third kappa shape index (κ3) is 4.14. The summed E-state index contributed by atoms with van der Waals surface area (Å²) in [5.41, 5.74) is 1.18. The topological polar surface area (TPSA) is 0 Å². The van der Waals surface area contributed by atoms with E-state index in [1.165, 1.54) is 18.4 Å². The molecule has 0 aliphatic carbocycles. The van der Waals surface area contributed by atoms with E-state index in [9.17, 15) is 0 Å². The van der Waals surface area contributed by atoms with Gasteiger partial charge in [0, 0.05) is 5.02 Å². The Morgan fingerprint density at radius 1 is 1.38 bits per heavy atom. The van der Waals surface area contributed by atoms with Gasteiger partial charge in [0.05, 0.1) is 0 Å². The molecule has 0 aliphatic rings. The molecule has 0 fully saturated rings. The molecule has 0 unspecified atom stereocenters. The van der Waals surface area contributed by atoms with Crippen LogP contribution < -0.4 is 0 Å². The number of allylic oxidation sites excluding steroid dienone is 1. The predicted octanol–water partition coefficient (Wildman–Crippen LogP) is 4.54. The van der Waals surface area contributed by atoms with Gasteiger partial charge in [0.15, 0.2) is 0 Å². The van der Waals surface area contributed by atoms with Gasteiger partial charge in [-0.15, -0.1) is 0 Å². The maximum atomic E-state index is 5.85. The van der Waals surface area contributed by atoms with Crippen molar-refractivity contribution in [1.29, 1.82) is 0 Å². The second-order valence-corrected chi connectivity index (χ2v) is 3.54. The summed E-state index contributed by atoms with van der Waals surface area (Å²) in [4.78, 5) is 0. The largest absolute Gasteiger partial charge is 0.0843 e. The van der Waals surface area contributed by atoms with E-state index in [-0.39, 0.29) is 0 Å². The van der Waals surface area contributed by atoms with Gasteiger partial charge in [-0.2, -0.15) is 0 Å². The van der Waals surface area contributed by atoms with Gasteiger partial charge in [-0.25, -0.2) is 0 Å². The van der Waals surface area contributed by atoms with Crippen LogP contribution in [-0.2, 0) is 0 Å². The van der Waals surface area contributed by atoms with E-state index in [4.69, 9.17) is 11.6 Å². The maximum absolute atomic E-state index is 5.85. The first kappa shape index (κ1) is 10.3. The molecule has 0 heterocycles. The van der Waals surface area contributed by atoms with E-state index in [0.717, 1.165) is 11.4 Å². The molecule has 0 radical (unpaired) electrons. The molecule has 0 N–H and O–H groups in total. The molecule has 1 rings (SSSR count). The summed E-state index contributed by atoms with van der Waals surface area (Å²) in [6, 6.07) is 7.91. The van der Waals surface area contributed by atoms with Crippen molar-refractivity contribution in [2.75, 3.05) is 0 Å². The van der Waals surface area contributed by atoms with Gasteiger partial charge in [-0.3, -0.25) is 0 Å².